The number of nitrogens with one attached hydrogen (secondary N) is 9. The van der Waals surface area contributed by atoms with E-state index in [-0.39, 0.29) is 52.5 Å². The van der Waals surface area contributed by atoms with Gasteiger partial charge < -0.3 is 79.3 Å². The van der Waals surface area contributed by atoms with Crippen LogP contribution in [-0.4, -0.2) is 370 Å². The van der Waals surface area contributed by atoms with Crippen molar-refractivity contribution in [2.75, 3.05) is 78.3 Å². The maximum atomic E-state index is 16.0. The summed E-state index contributed by atoms with van der Waals surface area (Å²) in [5.41, 5.74) is 3.33. The number of hydrogen-bond donors (Lipinski definition) is 9. The van der Waals surface area contributed by atoms with Gasteiger partial charge in [0.2, 0.25) is 29.5 Å². The van der Waals surface area contributed by atoms with Crippen molar-refractivity contribution in [2.45, 2.75) is 123 Å². The number of aryl methyl sites for hydroxylation is 1. The Labute approximate surface area is 803 Å². The molecule has 6 atom stereocenters. The lowest BCUT2D eigenvalue weighted by atomic mass is 8.57. The summed E-state index contributed by atoms with van der Waals surface area (Å²) in [6.45, 7) is 0.662. The largest absolute Gasteiger partial charge is 0.459 e. The Hall–Kier alpha value is -11.3. The van der Waals surface area contributed by atoms with Gasteiger partial charge in [-0.05, 0) is 94.9 Å². The predicted molar refractivity (Wildman–Crippen MR) is 528 cm³/mol. The number of rotatable bonds is 50. The molecule has 0 bridgehead atoms. The fraction of sp³-hybridized carbons (Fsp3) is 0.397. The molecular weight excluding hydrogens is 1730 g/mol. The highest BCUT2D eigenvalue weighted by Gasteiger charge is 2.49. The number of nitrogens with zero attached hydrogens (tertiary/aromatic N) is 6. The number of carbonyl (C=O) groups is 13. The quantitative estimate of drug-likeness (QED) is 0.0101. The summed E-state index contributed by atoms with van der Waals surface area (Å²) in [5, 5.41) is 23.3. The third kappa shape index (κ3) is 33.9. The zero-order valence-electron chi connectivity index (χ0n) is 76.0. The highest BCUT2D eigenvalue weighted by Crippen LogP contribution is 2.49. The van der Waals surface area contributed by atoms with Crippen molar-refractivity contribution >= 4 is 227 Å². The molecule has 0 fully saturated rings. The molecule has 20 radical (unpaired) electrons. The summed E-state index contributed by atoms with van der Waals surface area (Å²) < 4.78 is 54.5. The molecule has 674 valence electrons. The fourth-order valence-electron chi connectivity index (χ4n) is 15.0. The lowest BCUT2D eigenvalue weighted by Gasteiger charge is -2.36. The second-order valence-electron chi connectivity index (χ2n) is 33.4. The van der Waals surface area contributed by atoms with E-state index in [0.29, 0.717) is 33.2 Å². The maximum Gasteiger partial charge on any atom is 0.409 e. The standard InChI is InChI=1S/C78H96B20N15O21P/c1-7-132-135(127,133-8-2)51-61(69(118)100-31-37-112(66(115)45-109-35-29-63(103-72(109)121)106-76(125)130-49-54-20-14-10-15-21-54)60(70(119)128-47-56-26-24-52(3)25-27-56)41-58-43-90(58)98(94(85)86)96(88)92(81)82)113(67(116)46-110-36-30-64(104-73(110)122)107-77(126)131-50-55-22-16-11-17-23-55)38-32-99-68(117)59(40-57-42-89(57)97(93(83)84)95(87)91(79)80)111(39-33-101-74(123)134-78(4,5)6)65(114)44-108-34-28-62(102-71(108)120)105-75(124)129-48-53-18-12-9-13-19-53/h9-30,34-36,42-43,59-64H,7-8,31-33,37-41,44-51H2,1-6H3,(H,99,117)(H,100,118)(H,101,123)(H,102,120)(H,103,121)(H,104,122)(H,105,124)(H,106,125)(H,107,126). The summed E-state index contributed by atoms with van der Waals surface area (Å²) in [7, 11) is 58.2. The van der Waals surface area contributed by atoms with Crippen LogP contribution in [-0.2, 0) is 92.5 Å². The van der Waals surface area contributed by atoms with Crippen LogP contribution in [0.5, 0.6) is 0 Å². The minimum atomic E-state index is -4.61. The van der Waals surface area contributed by atoms with Crippen molar-refractivity contribution < 1.29 is 99.6 Å². The number of alkyl carbamates (subject to hydrolysis) is 4. The van der Waals surface area contributed by atoms with Crippen molar-refractivity contribution in [3.8, 4) is 0 Å². The molecule has 4 aromatic carbocycles. The third-order valence-corrected chi connectivity index (χ3v) is 24.1. The summed E-state index contributed by atoms with van der Waals surface area (Å²) in [6, 6.07) is 25.0. The van der Waals surface area contributed by atoms with Gasteiger partial charge in [0.05, 0.1) is 19.4 Å². The van der Waals surface area contributed by atoms with E-state index >= 15 is 33.3 Å². The second-order valence-corrected chi connectivity index (χ2v) is 35.5. The van der Waals surface area contributed by atoms with Crippen LogP contribution in [0.1, 0.15) is 75.3 Å². The van der Waals surface area contributed by atoms with Gasteiger partial charge in [0.15, 0.2) is 0 Å². The van der Waals surface area contributed by atoms with Crippen molar-refractivity contribution in [3.63, 3.8) is 0 Å². The Balaban J connectivity index is 1.08. The Morgan fingerprint density at radius 3 is 1.13 bits per heavy atom. The summed E-state index contributed by atoms with van der Waals surface area (Å²) in [5.74, 6) is -2.79. The van der Waals surface area contributed by atoms with Crippen LogP contribution >= 0.6 is 7.60 Å². The van der Waals surface area contributed by atoms with Gasteiger partial charge in [-0.3, -0.25) is 59.2 Å². The molecule has 4 aromatic rings. The average molecular weight is 1830 g/mol. The van der Waals surface area contributed by atoms with E-state index in [1.807, 2.05) is 6.92 Å². The first-order chi connectivity index (χ1) is 64.2. The minimum absolute atomic E-state index is 0.110. The molecule has 0 saturated carbocycles. The van der Waals surface area contributed by atoms with Crippen LogP contribution in [0, 0.1) is 6.92 Å². The zero-order chi connectivity index (χ0) is 98.4. The molecular formula is C78H96B20N15O21P. The molecule has 0 aromatic heterocycles. The molecule has 0 saturated heterocycles. The Morgan fingerprint density at radius 2 is 0.785 bits per heavy atom. The molecule has 6 unspecified atom stereocenters. The van der Waals surface area contributed by atoms with E-state index in [1.165, 1.54) is 44.5 Å². The van der Waals surface area contributed by atoms with E-state index in [0.717, 1.165) is 41.2 Å². The second kappa shape index (κ2) is 51.6. The smallest absolute Gasteiger partial charge is 0.409 e. The number of urea groups is 3. The number of esters is 1. The van der Waals surface area contributed by atoms with E-state index in [2.05, 4.69) is 47.9 Å². The van der Waals surface area contributed by atoms with Crippen LogP contribution in [0.15, 0.2) is 175 Å². The van der Waals surface area contributed by atoms with Crippen molar-refractivity contribution in [1.82, 2.24) is 77.3 Å². The number of carbonyl (C=O) groups excluding carboxylic acids is 13. The first-order valence-corrected chi connectivity index (χ1v) is 45.6. The number of amides is 15. The Bertz CT molecular complexity index is 4990. The van der Waals surface area contributed by atoms with Crippen LogP contribution in [0.25, 0.3) is 0 Å². The van der Waals surface area contributed by atoms with E-state index in [1.54, 1.807) is 148 Å². The molecule has 36 nitrogen and oxygen atoms in total. The molecule has 0 spiro atoms. The summed E-state index contributed by atoms with van der Waals surface area (Å²) >= 11 is 0. The van der Waals surface area contributed by atoms with Crippen molar-refractivity contribution in [2.24, 2.45) is 0 Å². The van der Waals surface area contributed by atoms with Crippen LogP contribution in [0.4, 0.5) is 33.6 Å². The van der Waals surface area contributed by atoms with E-state index in [9.17, 15) is 33.6 Å². The highest BCUT2D eigenvalue weighted by atomic mass is 31.2. The third-order valence-electron chi connectivity index (χ3n) is 22.0. The van der Waals surface area contributed by atoms with Crippen molar-refractivity contribution in [3.05, 3.63) is 203 Å². The highest BCUT2D eigenvalue weighted by molar-refractivity contribution is 8.02. The van der Waals surface area contributed by atoms with Crippen LogP contribution in [0.3, 0.4) is 0 Å². The molecule has 135 heavy (non-hydrogen) atoms. The molecule has 0 aliphatic carbocycles. The first kappa shape index (κ1) is 107. The normalized spacial score (nSPS) is 15.8. The number of ether oxygens (including phenoxy) is 5. The van der Waals surface area contributed by atoms with Gasteiger partial charge in [-0.15, -0.1) is 22.9 Å². The molecule has 5 aliphatic heterocycles. The first-order valence-electron chi connectivity index (χ1n) is 43.9. The molecule has 9 rings (SSSR count). The average Bonchev–Trinajstić information content (AvgIpc) is 1.64. The lowest BCUT2D eigenvalue weighted by Crippen LogP contribution is -2.64. The van der Waals surface area contributed by atoms with Crippen LogP contribution in [0.2, 0.25) is 0 Å². The van der Waals surface area contributed by atoms with Crippen molar-refractivity contribution in [1.29, 1.82) is 0 Å². The molecule has 57 heteroatoms. The minimum Gasteiger partial charge on any atom is -0.459 e. The predicted octanol–water partition coefficient (Wildman–Crippen LogP) is -1.93. The topological polar surface area (TPSA) is 431 Å². The Kier molecular flexibility index (Phi) is 41.1. The summed E-state index contributed by atoms with van der Waals surface area (Å²) in [6.07, 6.45) is -9.68. The van der Waals surface area contributed by atoms with Gasteiger partial charge in [-0.1, -0.05) is 121 Å². The Morgan fingerprint density at radius 1 is 0.452 bits per heavy atom. The monoisotopic (exact) mass is 1830 g/mol. The fourth-order valence-corrected chi connectivity index (χ4v) is 16.8. The molecule has 5 heterocycles. The van der Waals surface area contributed by atoms with Gasteiger partial charge >= 0.3 is 56.0 Å². The SMILES string of the molecule is [B]B([B])B([B])B(B([B])[B])B1C=C1CC(C(=O)NCCN(C(=O)CN1C=CC(NC(=O)OCc2ccccc2)NC1=O)C(CP(=O)(OCC)OCC)C(=O)NCCN(C(=O)CN1C=CC(NC(=O)OCc2ccccc2)NC1=O)C(CC1=CB1B(B([B])[B])B([B])B([B])[B])C(=O)OCc1ccc(C)cc1)N(CCNC(=O)OC(C)(C)C)C(=O)CN1C=CC(NC(=O)OCc2ccccc2)NC1=O. The number of benzene rings is 4. The van der Waals surface area contributed by atoms with Gasteiger partial charge in [0, 0.05) is 186 Å². The summed E-state index contributed by atoms with van der Waals surface area (Å²) in [4.78, 5) is 194. The van der Waals surface area contributed by atoms with E-state index in [4.69, 9.17) is 110 Å². The van der Waals surface area contributed by atoms with Crippen LogP contribution < -0.4 is 47.9 Å². The lowest BCUT2D eigenvalue weighted by molar-refractivity contribution is -0.156. The zero-order valence-corrected chi connectivity index (χ0v) is 76.9. The maximum absolute atomic E-state index is 16.0. The van der Waals surface area contributed by atoms with Gasteiger partial charge in [-0.25, -0.2) is 38.4 Å². The molecule has 5 aliphatic rings. The molecule has 9 N–H and O–H groups in total. The van der Waals surface area contributed by atoms with Gasteiger partial charge in [-0.2, -0.15) is 0 Å². The molecule has 15 amide bonds. The van der Waals surface area contributed by atoms with Gasteiger partial charge in [0.1, 0.15) is 101 Å². The van der Waals surface area contributed by atoms with E-state index < -0.39 is 257 Å². The number of hydrogen-bond acceptors (Lipinski definition) is 21. The van der Waals surface area contributed by atoms with Gasteiger partial charge in [0.25, 0.3) is 0 Å².